The summed E-state index contributed by atoms with van der Waals surface area (Å²) in [5, 5.41) is 7.02. The lowest BCUT2D eigenvalue weighted by molar-refractivity contribution is 0.0929. The van der Waals surface area contributed by atoms with Crippen LogP contribution in [0.15, 0.2) is 36.4 Å². The smallest absolute Gasteiger partial charge is 0.270 e. The lowest BCUT2D eigenvalue weighted by Crippen LogP contribution is -2.28. The third-order valence-corrected chi connectivity index (χ3v) is 2.72. The largest absolute Gasteiger partial charge is 0.480 e. The number of ether oxygens (including phenoxy) is 2. The topological polar surface area (TPSA) is 65.4 Å². The van der Waals surface area contributed by atoms with E-state index in [9.17, 15) is 4.79 Å². The molecule has 106 valence electrons. The van der Waals surface area contributed by atoms with Crippen LogP contribution in [0.2, 0.25) is 0 Å². The molecule has 6 heteroatoms. The number of rotatable bonds is 6. The van der Waals surface area contributed by atoms with Crippen molar-refractivity contribution in [3.05, 3.63) is 42.1 Å². The molecule has 1 amide bonds. The van der Waals surface area contributed by atoms with Crippen LogP contribution < -0.4 is 10.1 Å². The fourth-order valence-corrected chi connectivity index (χ4v) is 1.74. The highest BCUT2D eigenvalue weighted by Gasteiger charge is 2.16. The zero-order valence-electron chi connectivity index (χ0n) is 11.5. The summed E-state index contributed by atoms with van der Waals surface area (Å²) in [6.45, 7) is 0.903. The van der Waals surface area contributed by atoms with Crippen LogP contribution >= 0.6 is 0 Å². The molecular formula is C14H17N3O3. The summed E-state index contributed by atoms with van der Waals surface area (Å²) in [4.78, 5) is 12.2. The quantitative estimate of drug-likeness (QED) is 0.806. The van der Waals surface area contributed by atoms with Gasteiger partial charge in [0.2, 0.25) is 5.88 Å². The van der Waals surface area contributed by atoms with Gasteiger partial charge >= 0.3 is 0 Å². The number of amides is 1. The highest BCUT2D eigenvalue weighted by molar-refractivity contribution is 5.93. The molecule has 1 aromatic carbocycles. The van der Waals surface area contributed by atoms with E-state index < -0.39 is 0 Å². The molecular weight excluding hydrogens is 258 g/mol. The Morgan fingerprint density at radius 3 is 2.70 bits per heavy atom. The minimum Gasteiger partial charge on any atom is -0.480 e. The van der Waals surface area contributed by atoms with Crippen LogP contribution in [0.4, 0.5) is 0 Å². The SMILES string of the molecule is COCCNC(=O)c1cc(OC)nn1-c1ccccc1. The van der Waals surface area contributed by atoms with Crippen LogP contribution in [0.25, 0.3) is 5.69 Å². The Hall–Kier alpha value is -2.34. The molecule has 0 aliphatic heterocycles. The van der Waals surface area contributed by atoms with Gasteiger partial charge in [0.1, 0.15) is 5.69 Å². The average Bonchev–Trinajstić information content (AvgIpc) is 2.93. The zero-order valence-corrected chi connectivity index (χ0v) is 11.5. The van der Waals surface area contributed by atoms with Crippen molar-refractivity contribution in [2.24, 2.45) is 0 Å². The van der Waals surface area contributed by atoms with Crippen LogP contribution in [0.5, 0.6) is 5.88 Å². The summed E-state index contributed by atoms with van der Waals surface area (Å²) in [6.07, 6.45) is 0. The molecule has 0 atom stereocenters. The first-order valence-corrected chi connectivity index (χ1v) is 6.23. The van der Waals surface area contributed by atoms with Gasteiger partial charge in [-0.1, -0.05) is 18.2 Å². The lowest BCUT2D eigenvalue weighted by Gasteiger charge is -2.07. The summed E-state index contributed by atoms with van der Waals surface area (Å²) in [5.41, 5.74) is 1.22. The number of nitrogens with one attached hydrogen (secondary N) is 1. The van der Waals surface area contributed by atoms with Gasteiger partial charge in [0.05, 0.1) is 19.4 Å². The second kappa shape index (κ2) is 6.72. The van der Waals surface area contributed by atoms with Crippen molar-refractivity contribution in [3.8, 4) is 11.6 Å². The predicted octanol–water partition coefficient (Wildman–Crippen LogP) is 1.26. The van der Waals surface area contributed by atoms with E-state index in [-0.39, 0.29) is 5.91 Å². The van der Waals surface area contributed by atoms with E-state index >= 15 is 0 Å². The molecule has 1 aromatic heterocycles. The Kier molecular flexibility index (Phi) is 4.73. The molecule has 1 heterocycles. The van der Waals surface area contributed by atoms with E-state index in [1.807, 2.05) is 30.3 Å². The number of nitrogens with zero attached hydrogens (tertiary/aromatic N) is 2. The maximum atomic E-state index is 12.2. The van der Waals surface area contributed by atoms with Gasteiger partial charge in [-0.25, -0.2) is 4.68 Å². The first-order chi connectivity index (χ1) is 9.76. The number of benzene rings is 1. The molecule has 2 rings (SSSR count). The Balaban J connectivity index is 2.27. The molecule has 0 saturated heterocycles. The van der Waals surface area contributed by atoms with E-state index in [4.69, 9.17) is 9.47 Å². The number of carbonyl (C=O) groups is 1. The first-order valence-electron chi connectivity index (χ1n) is 6.23. The van der Waals surface area contributed by atoms with Gasteiger partial charge < -0.3 is 14.8 Å². The number of aromatic nitrogens is 2. The van der Waals surface area contributed by atoms with E-state index in [0.29, 0.717) is 24.7 Å². The van der Waals surface area contributed by atoms with Gasteiger partial charge in [-0.3, -0.25) is 4.79 Å². The van der Waals surface area contributed by atoms with Crippen molar-refractivity contribution in [1.29, 1.82) is 0 Å². The minimum absolute atomic E-state index is 0.221. The predicted molar refractivity (Wildman–Crippen MR) is 74.3 cm³/mol. The van der Waals surface area contributed by atoms with Crippen molar-refractivity contribution >= 4 is 5.91 Å². The Labute approximate surface area is 117 Å². The molecule has 2 aromatic rings. The molecule has 0 spiro atoms. The number of methoxy groups -OCH3 is 2. The molecule has 0 unspecified atom stereocenters. The van der Waals surface area contributed by atoms with Gasteiger partial charge in [-0.05, 0) is 12.1 Å². The maximum Gasteiger partial charge on any atom is 0.270 e. The molecule has 0 aliphatic rings. The second-order valence-corrected chi connectivity index (χ2v) is 4.07. The summed E-state index contributed by atoms with van der Waals surface area (Å²) < 4.78 is 11.6. The zero-order chi connectivity index (χ0) is 14.4. The monoisotopic (exact) mass is 275 g/mol. The summed E-state index contributed by atoms with van der Waals surface area (Å²) >= 11 is 0. The van der Waals surface area contributed by atoms with Gasteiger partial charge in [0.15, 0.2) is 0 Å². The number of carbonyl (C=O) groups excluding carboxylic acids is 1. The number of para-hydroxylation sites is 1. The first kappa shape index (κ1) is 14.1. The van der Waals surface area contributed by atoms with Crippen LogP contribution in [0.3, 0.4) is 0 Å². The maximum absolute atomic E-state index is 12.2. The fraction of sp³-hybridized carbons (Fsp3) is 0.286. The molecule has 20 heavy (non-hydrogen) atoms. The summed E-state index contributed by atoms with van der Waals surface area (Å²) in [6, 6.07) is 11.0. The van der Waals surface area contributed by atoms with Crippen molar-refractivity contribution in [2.75, 3.05) is 27.4 Å². The van der Waals surface area contributed by atoms with E-state index in [0.717, 1.165) is 5.69 Å². The molecule has 0 saturated carbocycles. The minimum atomic E-state index is -0.221. The molecule has 1 N–H and O–H groups in total. The summed E-state index contributed by atoms with van der Waals surface area (Å²) in [7, 11) is 3.10. The molecule has 0 bridgehead atoms. The van der Waals surface area contributed by atoms with Crippen molar-refractivity contribution in [3.63, 3.8) is 0 Å². The van der Waals surface area contributed by atoms with Crippen molar-refractivity contribution < 1.29 is 14.3 Å². The third kappa shape index (κ3) is 3.16. The van der Waals surface area contributed by atoms with Crippen LogP contribution in [0, 0.1) is 0 Å². The Morgan fingerprint density at radius 2 is 2.05 bits per heavy atom. The second-order valence-electron chi connectivity index (χ2n) is 4.07. The third-order valence-electron chi connectivity index (χ3n) is 2.72. The molecule has 0 fully saturated rings. The van der Waals surface area contributed by atoms with Gasteiger partial charge in [0.25, 0.3) is 5.91 Å². The standard InChI is InChI=1S/C14H17N3O3/c1-19-9-8-15-14(18)12-10-13(20-2)16-17(12)11-6-4-3-5-7-11/h3-7,10H,8-9H2,1-2H3,(H,15,18). The molecule has 0 aliphatic carbocycles. The highest BCUT2D eigenvalue weighted by Crippen LogP contribution is 2.16. The molecule has 0 radical (unpaired) electrons. The van der Waals surface area contributed by atoms with Crippen LogP contribution in [-0.2, 0) is 4.74 Å². The van der Waals surface area contributed by atoms with E-state index in [1.165, 1.54) is 7.11 Å². The van der Waals surface area contributed by atoms with E-state index in [2.05, 4.69) is 10.4 Å². The molecule has 6 nitrogen and oxygen atoms in total. The van der Waals surface area contributed by atoms with E-state index in [1.54, 1.807) is 17.9 Å². The van der Waals surface area contributed by atoms with Gasteiger partial charge in [0, 0.05) is 19.7 Å². The van der Waals surface area contributed by atoms with Crippen LogP contribution in [-0.4, -0.2) is 43.1 Å². The van der Waals surface area contributed by atoms with Crippen LogP contribution in [0.1, 0.15) is 10.5 Å². The fourth-order valence-electron chi connectivity index (χ4n) is 1.74. The summed E-state index contributed by atoms with van der Waals surface area (Å²) in [5.74, 6) is 0.174. The van der Waals surface area contributed by atoms with Crippen molar-refractivity contribution in [1.82, 2.24) is 15.1 Å². The number of hydrogen-bond donors (Lipinski definition) is 1. The average molecular weight is 275 g/mol. The Bertz CT molecular complexity index is 566. The normalized spacial score (nSPS) is 10.3. The van der Waals surface area contributed by atoms with Gasteiger partial charge in [-0.15, -0.1) is 5.10 Å². The van der Waals surface area contributed by atoms with Gasteiger partial charge in [-0.2, -0.15) is 0 Å². The Morgan fingerprint density at radius 1 is 1.30 bits per heavy atom. The number of hydrogen-bond acceptors (Lipinski definition) is 4. The lowest BCUT2D eigenvalue weighted by atomic mass is 10.3. The van der Waals surface area contributed by atoms with Crippen molar-refractivity contribution in [2.45, 2.75) is 0 Å². The highest BCUT2D eigenvalue weighted by atomic mass is 16.5.